The van der Waals surface area contributed by atoms with Gasteiger partial charge in [0.05, 0.1) is 12.1 Å². The Bertz CT molecular complexity index is 825. The number of aromatic nitrogens is 1. The van der Waals surface area contributed by atoms with Gasteiger partial charge in [-0.2, -0.15) is 0 Å². The van der Waals surface area contributed by atoms with Crippen LogP contribution in [-0.2, 0) is 16.0 Å². The normalized spacial score (nSPS) is 18.6. The first-order valence-corrected chi connectivity index (χ1v) is 9.34. The highest BCUT2D eigenvalue weighted by molar-refractivity contribution is 5.88. The molecule has 7 heteroatoms. The van der Waals surface area contributed by atoms with Gasteiger partial charge >= 0.3 is 6.09 Å². The number of aliphatic hydroxyl groups is 1. The zero-order chi connectivity index (χ0) is 19.5. The second-order valence-corrected chi connectivity index (χ2v) is 7.65. The maximum Gasteiger partial charge on any atom is 0.408 e. The van der Waals surface area contributed by atoms with E-state index in [9.17, 15) is 14.7 Å². The van der Waals surface area contributed by atoms with Gasteiger partial charge in [-0.05, 0) is 31.4 Å². The minimum atomic E-state index is -1.50. The number of carbonyl (C=O) groups excluding carboxylic acids is 2. The molecule has 1 aromatic carbocycles. The summed E-state index contributed by atoms with van der Waals surface area (Å²) in [5.74, 6) is -0.718. The summed E-state index contributed by atoms with van der Waals surface area (Å²) in [6, 6.07) is 7.69. The Morgan fingerprint density at radius 1 is 1.30 bits per heavy atom. The molecule has 0 saturated heterocycles. The van der Waals surface area contributed by atoms with Gasteiger partial charge in [0.25, 0.3) is 5.91 Å². The van der Waals surface area contributed by atoms with Crippen molar-refractivity contribution in [3.05, 3.63) is 36.0 Å². The van der Waals surface area contributed by atoms with Crippen LogP contribution in [0.4, 0.5) is 4.79 Å². The number of amides is 2. The molecule has 2 amide bonds. The van der Waals surface area contributed by atoms with E-state index in [1.165, 1.54) is 6.92 Å². The molecule has 27 heavy (non-hydrogen) atoms. The molecule has 0 bridgehead atoms. The van der Waals surface area contributed by atoms with Crippen LogP contribution in [0.15, 0.2) is 30.5 Å². The van der Waals surface area contributed by atoms with Gasteiger partial charge in [-0.1, -0.05) is 37.5 Å². The van der Waals surface area contributed by atoms with Crippen molar-refractivity contribution in [2.75, 3.05) is 6.61 Å². The molecule has 1 fully saturated rings. The number of benzene rings is 1. The summed E-state index contributed by atoms with van der Waals surface area (Å²) in [5, 5.41) is 13.5. The van der Waals surface area contributed by atoms with Crippen LogP contribution in [0.2, 0.25) is 0 Å². The molecule has 1 unspecified atom stereocenters. The van der Waals surface area contributed by atoms with Crippen LogP contribution in [0, 0.1) is 0 Å². The number of H-pyrrole nitrogens is 1. The predicted octanol–water partition coefficient (Wildman–Crippen LogP) is 2.38. The highest BCUT2D eigenvalue weighted by Gasteiger charge is 2.40. The Morgan fingerprint density at radius 2 is 2.00 bits per heavy atom. The number of primary amides is 1. The topological polar surface area (TPSA) is 117 Å². The van der Waals surface area contributed by atoms with Crippen molar-refractivity contribution < 1.29 is 19.4 Å². The third kappa shape index (κ3) is 4.08. The van der Waals surface area contributed by atoms with E-state index in [1.807, 2.05) is 24.3 Å². The summed E-state index contributed by atoms with van der Waals surface area (Å²) in [6.07, 6.45) is 5.55. The molecule has 1 aliphatic rings. The maximum atomic E-state index is 12.5. The molecule has 1 aromatic heterocycles. The Kier molecular flexibility index (Phi) is 5.41. The van der Waals surface area contributed by atoms with E-state index in [0.717, 1.165) is 35.7 Å². The summed E-state index contributed by atoms with van der Waals surface area (Å²) >= 11 is 0. The van der Waals surface area contributed by atoms with Crippen LogP contribution in [0.3, 0.4) is 0 Å². The van der Waals surface area contributed by atoms with Crippen molar-refractivity contribution in [1.82, 2.24) is 10.3 Å². The van der Waals surface area contributed by atoms with Crippen molar-refractivity contribution >= 4 is 22.9 Å². The number of rotatable bonds is 6. The average molecular weight is 373 g/mol. The third-order valence-electron chi connectivity index (χ3n) is 5.52. The molecule has 7 nitrogen and oxygen atoms in total. The van der Waals surface area contributed by atoms with Gasteiger partial charge in [0.15, 0.2) is 5.60 Å². The molecular weight excluding hydrogens is 346 g/mol. The fourth-order valence-electron chi connectivity index (χ4n) is 3.81. The number of aliphatic hydroxyl groups excluding tert-OH is 1. The molecule has 1 saturated carbocycles. The zero-order valence-corrected chi connectivity index (χ0v) is 15.6. The number of hydrogen-bond acceptors (Lipinski definition) is 4. The Labute approximate surface area is 158 Å². The largest absolute Gasteiger partial charge is 0.433 e. The number of aromatic amines is 1. The van der Waals surface area contributed by atoms with Gasteiger partial charge in [0.1, 0.15) is 0 Å². The van der Waals surface area contributed by atoms with Crippen LogP contribution >= 0.6 is 0 Å². The van der Waals surface area contributed by atoms with Gasteiger partial charge in [-0.25, -0.2) is 4.79 Å². The fourth-order valence-corrected chi connectivity index (χ4v) is 3.81. The van der Waals surface area contributed by atoms with Gasteiger partial charge in [-0.15, -0.1) is 0 Å². The first-order valence-electron chi connectivity index (χ1n) is 9.34. The number of nitrogens with two attached hydrogens (primary N) is 1. The van der Waals surface area contributed by atoms with Crippen LogP contribution in [0.5, 0.6) is 0 Å². The zero-order valence-electron chi connectivity index (χ0n) is 15.6. The van der Waals surface area contributed by atoms with Gasteiger partial charge < -0.3 is 25.9 Å². The number of ether oxygens (including phenoxy) is 1. The molecule has 0 spiro atoms. The van der Waals surface area contributed by atoms with Crippen LogP contribution < -0.4 is 11.1 Å². The van der Waals surface area contributed by atoms with Gasteiger partial charge in [0.2, 0.25) is 0 Å². The van der Waals surface area contributed by atoms with Crippen LogP contribution in [0.1, 0.15) is 44.6 Å². The smallest absolute Gasteiger partial charge is 0.408 e. The predicted molar refractivity (Wildman–Crippen MR) is 102 cm³/mol. The van der Waals surface area contributed by atoms with E-state index in [-0.39, 0.29) is 13.0 Å². The molecule has 0 aliphatic heterocycles. The minimum absolute atomic E-state index is 0.155. The molecule has 2 aromatic rings. The second kappa shape index (κ2) is 7.60. The number of fused-ring (bicyclic) bond motifs is 1. The molecule has 1 heterocycles. The summed E-state index contributed by atoms with van der Waals surface area (Å²) in [4.78, 5) is 27.8. The second-order valence-electron chi connectivity index (χ2n) is 7.65. The van der Waals surface area contributed by atoms with Crippen molar-refractivity contribution in [2.24, 2.45) is 5.73 Å². The summed E-state index contributed by atoms with van der Waals surface area (Å²) < 4.78 is 5.50. The average Bonchev–Trinajstić information content (AvgIpc) is 3.05. The van der Waals surface area contributed by atoms with E-state index < -0.39 is 23.1 Å². The molecule has 146 valence electrons. The standard InChI is InChI=1S/C20H27N3O4/c1-19(17(21)25,11-14-12-22-16-8-4-3-7-15(14)16)27-18(26)23-20(13-24)9-5-2-6-10-20/h3-4,7-8,12,22,24H,2,5-6,9-11,13H2,1H3,(H2,21,25)(H,23,26). The molecule has 1 aliphatic carbocycles. The molecular formula is C20H27N3O4. The monoisotopic (exact) mass is 373 g/mol. The number of para-hydroxylation sites is 1. The molecule has 0 radical (unpaired) electrons. The maximum absolute atomic E-state index is 12.5. The molecule has 5 N–H and O–H groups in total. The lowest BCUT2D eigenvalue weighted by Crippen LogP contribution is -2.56. The van der Waals surface area contributed by atoms with Crippen molar-refractivity contribution in [2.45, 2.75) is 56.6 Å². The number of alkyl carbamates (subject to hydrolysis) is 1. The van der Waals surface area contributed by atoms with Crippen LogP contribution in [-0.4, -0.2) is 39.8 Å². The van der Waals surface area contributed by atoms with E-state index in [2.05, 4.69) is 10.3 Å². The van der Waals surface area contributed by atoms with Crippen molar-refractivity contribution in [1.29, 1.82) is 0 Å². The highest BCUT2D eigenvalue weighted by atomic mass is 16.6. The molecule has 1 atom stereocenters. The van der Waals surface area contributed by atoms with E-state index in [0.29, 0.717) is 12.8 Å². The highest BCUT2D eigenvalue weighted by Crippen LogP contribution is 2.29. The number of hydrogen-bond donors (Lipinski definition) is 4. The minimum Gasteiger partial charge on any atom is -0.433 e. The van der Waals surface area contributed by atoms with E-state index >= 15 is 0 Å². The Morgan fingerprint density at radius 3 is 2.67 bits per heavy atom. The molecule has 3 rings (SSSR count). The Balaban J connectivity index is 1.76. The number of nitrogens with one attached hydrogen (secondary N) is 2. The summed E-state index contributed by atoms with van der Waals surface area (Å²) in [5.41, 5.74) is 5.17. The van der Waals surface area contributed by atoms with E-state index in [4.69, 9.17) is 10.5 Å². The quantitative estimate of drug-likeness (QED) is 0.622. The summed E-state index contributed by atoms with van der Waals surface area (Å²) in [7, 11) is 0. The lowest BCUT2D eigenvalue weighted by Gasteiger charge is -2.37. The third-order valence-corrected chi connectivity index (χ3v) is 5.52. The van der Waals surface area contributed by atoms with E-state index in [1.54, 1.807) is 6.20 Å². The number of carbonyl (C=O) groups is 2. The lowest BCUT2D eigenvalue weighted by atomic mass is 9.82. The fraction of sp³-hybridized carbons (Fsp3) is 0.500. The first kappa shape index (κ1) is 19.2. The summed E-state index contributed by atoms with van der Waals surface area (Å²) in [6.45, 7) is 1.36. The van der Waals surface area contributed by atoms with Crippen molar-refractivity contribution in [3.8, 4) is 0 Å². The SMILES string of the molecule is CC(Cc1c[nH]c2ccccc12)(OC(=O)NC1(CO)CCCCC1)C(N)=O. The first-order chi connectivity index (χ1) is 12.9. The van der Waals surface area contributed by atoms with Gasteiger partial charge in [0, 0.05) is 23.5 Å². The van der Waals surface area contributed by atoms with Crippen LogP contribution in [0.25, 0.3) is 10.9 Å². The van der Waals surface area contributed by atoms with Crippen molar-refractivity contribution in [3.63, 3.8) is 0 Å². The Hall–Kier alpha value is -2.54. The van der Waals surface area contributed by atoms with Gasteiger partial charge in [-0.3, -0.25) is 4.79 Å². The lowest BCUT2D eigenvalue weighted by molar-refractivity contribution is -0.135.